The number of carbonyl (C=O) groups is 1. The van der Waals surface area contributed by atoms with Crippen molar-refractivity contribution in [1.29, 1.82) is 0 Å². The van der Waals surface area contributed by atoms with Crippen molar-refractivity contribution in [3.8, 4) is 10.6 Å². The molecule has 0 saturated heterocycles. The van der Waals surface area contributed by atoms with Gasteiger partial charge in [0.05, 0.1) is 10.6 Å². The summed E-state index contributed by atoms with van der Waals surface area (Å²) in [5.41, 5.74) is 4.37. The molecular weight excluding hydrogens is 324 g/mol. The molecule has 1 amide bonds. The third-order valence-electron chi connectivity index (χ3n) is 3.64. The average molecular weight is 342 g/mol. The van der Waals surface area contributed by atoms with Gasteiger partial charge in [-0.15, -0.1) is 22.7 Å². The smallest absolute Gasteiger partial charge is 0.261 e. The van der Waals surface area contributed by atoms with Crippen molar-refractivity contribution in [3.05, 3.63) is 62.8 Å². The molecule has 23 heavy (non-hydrogen) atoms. The van der Waals surface area contributed by atoms with Crippen LogP contribution in [0.25, 0.3) is 10.6 Å². The first kappa shape index (κ1) is 15.9. The van der Waals surface area contributed by atoms with Crippen molar-refractivity contribution in [2.75, 3.05) is 0 Å². The van der Waals surface area contributed by atoms with E-state index in [-0.39, 0.29) is 5.91 Å². The summed E-state index contributed by atoms with van der Waals surface area (Å²) < 4.78 is 0. The Kier molecular flexibility index (Phi) is 4.88. The van der Waals surface area contributed by atoms with Gasteiger partial charge < -0.3 is 5.32 Å². The number of benzene rings is 1. The van der Waals surface area contributed by atoms with Crippen LogP contribution in [0.2, 0.25) is 0 Å². The highest BCUT2D eigenvalue weighted by Crippen LogP contribution is 2.24. The van der Waals surface area contributed by atoms with E-state index in [1.807, 2.05) is 30.5 Å². The predicted molar refractivity (Wildman–Crippen MR) is 97.2 cm³/mol. The van der Waals surface area contributed by atoms with Crippen LogP contribution in [-0.4, -0.2) is 10.9 Å². The van der Waals surface area contributed by atoms with Crippen LogP contribution in [0.5, 0.6) is 0 Å². The Morgan fingerprint density at radius 3 is 2.57 bits per heavy atom. The molecule has 0 spiro atoms. The maximum absolute atomic E-state index is 12.1. The molecule has 0 bridgehead atoms. The molecule has 0 aliphatic heterocycles. The van der Waals surface area contributed by atoms with Crippen LogP contribution in [0.1, 0.15) is 33.4 Å². The summed E-state index contributed by atoms with van der Waals surface area (Å²) in [6.07, 6.45) is 0.961. The van der Waals surface area contributed by atoms with Gasteiger partial charge in [0, 0.05) is 17.5 Å². The number of nitrogens with zero attached hydrogens (tertiary/aromatic N) is 1. The summed E-state index contributed by atoms with van der Waals surface area (Å²) in [7, 11) is 0. The number of hydrogen-bond donors (Lipinski definition) is 1. The number of carbonyl (C=O) groups excluding carboxylic acids is 1. The Labute approximate surface area is 144 Å². The molecule has 1 aromatic carbocycles. The van der Waals surface area contributed by atoms with Gasteiger partial charge >= 0.3 is 0 Å². The normalized spacial score (nSPS) is 10.7. The summed E-state index contributed by atoms with van der Waals surface area (Å²) in [5, 5.41) is 8.07. The van der Waals surface area contributed by atoms with Gasteiger partial charge in [-0.05, 0) is 35.9 Å². The Balaban J connectivity index is 1.63. The minimum absolute atomic E-state index is 0.00547. The Morgan fingerprint density at radius 1 is 1.17 bits per heavy atom. The third-order valence-corrected chi connectivity index (χ3v) is 5.59. The average Bonchev–Trinajstić information content (AvgIpc) is 3.22. The summed E-state index contributed by atoms with van der Waals surface area (Å²) in [6, 6.07) is 10.2. The number of aromatic nitrogens is 1. The van der Waals surface area contributed by atoms with Crippen LogP contribution < -0.4 is 5.32 Å². The second kappa shape index (κ2) is 7.06. The molecule has 1 N–H and O–H groups in total. The minimum atomic E-state index is -0.00547. The van der Waals surface area contributed by atoms with Gasteiger partial charge in [0.25, 0.3) is 5.91 Å². The quantitative estimate of drug-likeness (QED) is 0.732. The molecular formula is C18H18N2OS2. The first-order valence-electron chi connectivity index (χ1n) is 7.53. The van der Waals surface area contributed by atoms with E-state index in [1.165, 1.54) is 11.3 Å². The lowest BCUT2D eigenvalue weighted by molar-refractivity contribution is 0.0954. The molecule has 2 aromatic heterocycles. The largest absolute Gasteiger partial charge is 0.347 e. The Morgan fingerprint density at radius 2 is 1.96 bits per heavy atom. The first-order chi connectivity index (χ1) is 11.2. The molecule has 5 heteroatoms. The van der Waals surface area contributed by atoms with Crippen LogP contribution >= 0.6 is 22.7 Å². The number of aryl methyl sites for hydroxylation is 2. The van der Waals surface area contributed by atoms with E-state index < -0.39 is 0 Å². The van der Waals surface area contributed by atoms with E-state index in [4.69, 9.17) is 0 Å². The van der Waals surface area contributed by atoms with Crippen molar-refractivity contribution in [1.82, 2.24) is 10.3 Å². The van der Waals surface area contributed by atoms with Gasteiger partial charge in [0.15, 0.2) is 0 Å². The van der Waals surface area contributed by atoms with Crippen molar-refractivity contribution < 1.29 is 4.79 Å². The monoisotopic (exact) mass is 342 g/mol. The van der Waals surface area contributed by atoms with E-state index in [1.54, 1.807) is 11.3 Å². The zero-order valence-corrected chi connectivity index (χ0v) is 14.8. The number of thiophene rings is 1. The molecule has 0 saturated carbocycles. The molecule has 0 unspecified atom stereocenters. The summed E-state index contributed by atoms with van der Waals surface area (Å²) >= 11 is 3.15. The molecule has 0 radical (unpaired) electrons. The van der Waals surface area contributed by atoms with Crippen molar-refractivity contribution >= 4 is 28.6 Å². The van der Waals surface area contributed by atoms with E-state index in [0.29, 0.717) is 6.54 Å². The Hall–Kier alpha value is -1.98. The highest BCUT2D eigenvalue weighted by Gasteiger charge is 2.10. The van der Waals surface area contributed by atoms with Gasteiger partial charge in [-0.25, -0.2) is 4.98 Å². The fraction of sp³-hybridized carbons (Fsp3) is 0.222. The van der Waals surface area contributed by atoms with Crippen LogP contribution in [-0.2, 0) is 13.0 Å². The van der Waals surface area contributed by atoms with Crippen LogP contribution in [0.4, 0.5) is 0 Å². The molecule has 0 aliphatic carbocycles. The molecule has 0 aliphatic rings. The SMILES string of the molecule is CCc1csc(-c2ccc(CNC(=O)c3sccc3C)cc2)n1. The molecule has 2 heterocycles. The summed E-state index contributed by atoms with van der Waals surface area (Å²) in [5.74, 6) is -0.00547. The zero-order chi connectivity index (χ0) is 16.2. The topological polar surface area (TPSA) is 42.0 Å². The number of hydrogen-bond acceptors (Lipinski definition) is 4. The molecule has 0 atom stereocenters. The lowest BCUT2D eigenvalue weighted by Crippen LogP contribution is -2.22. The second-order valence-corrected chi connectivity index (χ2v) is 7.08. The third kappa shape index (κ3) is 3.68. The molecule has 0 fully saturated rings. The van der Waals surface area contributed by atoms with E-state index >= 15 is 0 Å². The van der Waals surface area contributed by atoms with Crippen molar-refractivity contribution in [2.24, 2.45) is 0 Å². The highest BCUT2D eigenvalue weighted by molar-refractivity contribution is 7.13. The Bertz CT molecular complexity index is 803. The van der Waals surface area contributed by atoms with Crippen molar-refractivity contribution in [2.45, 2.75) is 26.8 Å². The van der Waals surface area contributed by atoms with Crippen molar-refractivity contribution in [3.63, 3.8) is 0 Å². The number of nitrogens with one attached hydrogen (secondary N) is 1. The van der Waals surface area contributed by atoms with E-state index in [2.05, 4.69) is 34.7 Å². The molecule has 3 rings (SSSR count). The lowest BCUT2D eigenvalue weighted by Gasteiger charge is -2.05. The van der Waals surface area contributed by atoms with E-state index in [0.717, 1.165) is 38.7 Å². The standard InChI is InChI=1S/C18H18N2OS2/c1-3-15-11-23-18(20-15)14-6-4-13(5-7-14)10-19-17(21)16-12(2)8-9-22-16/h4-9,11H,3,10H2,1-2H3,(H,19,21). The van der Waals surface area contributed by atoms with Gasteiger partial charge in [-0.2, -0.15) is 0 Å². The lowest BCUT2D eigenvalue weighted by atomic mass is 10.1. The number of thiazole rings is 1. The van der Waals surface area contributed by atoms with Crippen LogP contribution in [0.3, 0.4) is 0 Å². The highest BCUT2D eigenvalue weighted by atomic mass is 32.1. The number of amides is 1. The van der Waals surface area contributed by atoms with E-state index in [9.17, 15) is 4.79 Å². The van der Waals surface area contributed by atoms with Gasteiger partial charge in [0.2, 0.25) is 0 Å². The van der Waals surface area contributed by atoms with Gasteiger partial charge in [0.1, 0.15) is 5.01 Å². The van der Waals surface area contributed by atoms with Gasteiger partial charge in [-0.1, -0.05) is 31.2 Å². The number of rotatable bonds is 5. The molecule has 3 nitrogen and oxygen atoms in total. The predicted octanol–water partition coefficient (Wildman–Crippen LogP) is 4.67. The first-order valence-corrected chi connectivity index (χ1v) is 9.29. The molecule has 118 valence electrons. The minimum Gasteiger partial charge on any atom is -0.347 e. The fourth-order valence-corrected chi connectivity index (χ4v) is 3.99. The summed E-state index contributed by atoms with van der Waals surface area (Å²) in [4.78, 5) is 17.5. The maximum atomic E-state index is 12.1. The van der Waals surface area contributed by atoms with Gasteiger partial charge in [-0.3, -0.25) is 4.79 Å². The van der Waals surface area contributed by atoms with Crippen LogP contribution in [0.15, 0.2) is 41.1 Å². The van der Waals surface area contributed by atoms with Crippen LogP contribution in [0, 0.1) is 6.92 Å². The molecule has 3 aromatic rings. The second-order valence-electron chi connectivity index (χ2n) is 5.31. The zero-order valence-electron chi connectivity index (χ0n) is 13.1. The fourth-order valence-electron chi connectivity index (χ4n) is 2.24. The maximum Gasteiger partial charge on any atom is 0.261 e. The summed E-state index contributed by atoms with van der Waals surface area (Å²) in [6.45, 7) is 4.60.